The lowest BCUT2D eigenvalue weighted by molar-refractivity contribution is -0.133. The highest BCUT2D eigenvalue weighted by Crippen LogP contribution is 2.37. The van der Waals surface area contributed by atoms with Crippen LogP contribution in [0.2, 0.25) is 0 Å². The summed E-state index contributed by atoms with van der Waals surface area (Å²) in [5.74, 6) is -0.121. The Labute approximate surface area is 84.4 Å². The van der Waals surface area contributed by atoms with Crippen LogP contribution in [-0.4, -0.2) is 36.1 Å². The van der Waals surface area contributed by atoms with Gasteiger partial charge < -0.3 is 10.0 Å². The van der Waals surface area contributed by atoms with Crippen molar-refractivity contribution >= 4 is 5.97 Å². The fourth-order valence-electron chi connectivity index (χ4n) is 2.30. The standard InChI is InChI=1S/C11H17NO2/c1-12-6-5-9(11(13)14)10(7-12)8-3-2-4-8/h8H,2-7H2,1H3,(H,13,14). The first-order valence-corrected chi connectivity index (χ1v) is 5.32. The normalized spacial score (nSPS) is 24.9. The van der Waals surface area contributed by atoms with E-state index in [1.54, 1.807) is 0 Å². The molecular weight excluding hydrogens is 178 g/mol. The van der Waals surface area contributed by atoms with Crippen LogP contribution in [0, 0.1) is 5.92 Å². The van der Waals surface area contributed by atoms with Crippen molar-refractivity contribution in [3.63, 3.8) is 0 Å². The van der Waals surface area contributed by atoms with Gasteiger partial charge in [0.15, 0.2) is 0 Å². The van der Waals surface area contributed by atoms with Crippen molar-refractivity contribution in [1.82, 2.24) is 4.90 Å². The summed E-state index contributed by atoms with van der Waals surface area (Å²) in [7, 11) is 2.07. The number of aliphatic carboxylic acids is 1. The largest absolute Gasteiger partial charge is 0.478 e. The quantitative estimate of drug-likeness (QED) is 0.726. The van der Waals surface area contributed by atoms with Gasteiger partial charge in [-0.25, -0.2) is 4.79 Å². The molecule has 78 valence electrons. The van der Waals surface area contributed by atoms with E-state index < -0.39 is 5.97 Å². The zero-order valence-corrected chi connectivity index (χ0v) is 8.62. The maximum atomic E-state index is 11.0. The van der Waals surface area contributed by atoms with E-state index in [9.17, 15) is 4.79 Å². The molecule has 0 saturated heterocycles. The molecule has 14 heavy (non-hydrogen) atoms. The molecule has 1 aliphatic heterocycles. The molecule has 2 rings (SSSR count). The molecule has 1 fully saturated rings. The van der Waals surface area contributed by atoms with Crippen molar-refractivity contribution in [2.45, 2.75) is 25.7 Å². The van der Waals surface area contributed by atoms with Gasteiger partial charge in [0.2, 0.25) is 0 Å². The molecule has 0 amide bonds. The minimum Gasteiger partial charge on any atom is -0.478 e. The molecule has 0 bridgehead atoms. The van der Waals surface area contributed by atoms with Gasteiger partial charge in [-0.2, -0.15) is 0 Å². The predicted octanol–water partition coefficient (Wildman–Crippen LogP) is 1.50. The summed E-state index contributed by atoms with van der Waals surface area (Å²) < 4.78 is 0. The molecular formula is C11H17NO2. The molecule has 0 aromatic carbocycles. The minimum absolute atomic E-state index is 0.573. The molecule has 0 unspecified atom stereocenters. The van der Waals surface area contributed by atoms with Crippen LogP contribution in [-0.2, 0) is 4.79 Å². The van der Waals surface area contributed by atoms with Crippen LogP contribution in [0.1, 0.15) is 25.7 Å². The maximum Gasteiger partial charge on any atom is 0.331 e. The first-order chi connectivity index (χ1) is 6.68. The van der Waals surface area contributed by atoms with E-state index in [4.69, 9.17) is 5.11 Å². The van der Waals surface area contributed by atoms with Gasteiger partial charge in [-0.3, -0.25) is 0 Å². The average molecular weight is 195 g/mol. The van der Waals surface area contributed by atoms with Crippen molar-refractivity contribution in [1.29, 1.82) is 0 Å². The van der Waals surface area contributed by atoms with Crippen LogP contribution in [0.15, 0.2) is 11.1 Å². The molecule has 1 heterocycles. The first kappa shape index (κ1) is 9.71. The Morgan fingerprint density at radius 2 is 2.21 bits per heavy atom. The second-order valence-corrected chi connectivity index (χ2v) is 4.42. The van der Waals surface area contributed by atoms with Crippen molar-refractivity contribution in [2.24, 2.45) is 5.92 Å². The molecule has 3 nitrogen and oxygen atoms in total. The molecule has 0 aromatic rings. The number of carboxylic acids is 1. The Morgan fingerprint density at radius 3 is 2.71 bits per heavy atom. The number of carbonyl (C=O) groups is 1. The molecule has 2 aliphatic rings. The summed E-state index contributed by atoms with van der Waals surface area (Å²) in [5, 5.41) is 9.09. The molecule has 1 saturated carbocycles. The Balaban J connectivity index is 2.21. The van der Waals surface area contributed by atoms with E-state index in [0.29, 0.717) is 11.5 Å². The third kappa shape index (κ3) is 1.69. The zero-order chi connectivity index (χ0) is 10.1. The van der Waals surface area contributed by atoms with E-state index in [1.165, 1.54) is 24.8 Å². The highest BCUT2D eigenvalue weighted by atomic mass is 16.4. The average Bonchev–Trinajstić information content (AvgIpc) is 2.00. The Morgan fingerprint density at radius 1 is 1.50 bits per heavy atom. The van der Waals surface area contributed by atoms with Crippen LogP contribution in [0.3, 0.4) is 0 Å². The van der Waals surface area contributed by atoms with Gasteiger partial charge in [-0.1, -0.05) is 6.42 Å². The summed E-state index contributed by atoms with van der Waals surface area (Å²) in [6, 6.07) is 0. The summed E-state index contributed by atoms with van der Waals surface area (Å²) in [5.41, 5.74) is 1.91. The fourth-order valence-corrected chi connectivity index (χ4v) is 2.30. The molecule has 0 spiro atoms. The van der Waals surface area contributed by atoms with Gasteiger partial charge in [-0.15, -0.1) is 0 Å². The number of rotatable bonds is 2. The highest BCUT2D eigenvalue weighted by molar-refractivity contribution is 5.88. The van der Waals surface area contributed by atoms with Gasteiger partial charge >= 0.3 is 5.97 Å². The monoisotopic (exact) mass is 195 g/mol. The van der Waals surface area contributed by atoms with Crippen molar-refractivity contribution in [3.8, 4) is 0 Å². The van der Waals surface area contributed by atoms with Gasteiger partial charge in [0, 0.05) is 18.7 Å². The Hall–Kier alpha value is -0.830. The summed E-state index contributed by atoms with van der Waals surface area (Å²) in [4.78, 5) is 13.3. The van der Waals surface area contributed by atoms with Gasteiger partial charge in [0.1, 0.15) is 0 Å². The summed E-state index contributed by atoms with van der Waals surface area (Å²) >= 11 is 0. The lowest BCUT2D eigenvalue weighted by atomic mass is 9.76. The third-order valence-electron chi connectivity index (χ3n) is 3.43. The van der Waals surface area contributed by atoms with Crippen LogP contribution in [0.5, 0.6) is 0 Å². The van der Waals surface area contributed by atoms with Crippen molar-refractivity contribution in [2.75, 3.05) is 20.1 Å². The molecule has 0 radical (unpaired) electrons. The Kier molecular flexibility index (Phi) is 2.59. The van der Waals surface area contributed by atoms with Gasteiger partial charge in [-0.05, 0) is 37.8 Å². The minimum atomic E-state index is -0.694. The number of hydrogen-bond donors (Lipinski definition) is 1. The number of likely N-dealkylation sites (N-methyl/N-ethyl adjacent to an activating group) is 1. The molecule has 3 heteroatoms. The molecule has 0 atom stereocenters. The maximum absolute atomic E-state index is 11.0. The van der Waals surface area contributed by atoms with Gasteiger partial charge in [0.05, 0.1) is 0 Å². The van der Waals surface area contributed by atoms with Crippen molar-refractivity contribution in [3.05, 3.63) is 11.1 Å². The van der Waals surface area contributed by atoms with E-state index in [-0.39, 0.29) is 0 Å². The van der Waals surface area contributed by atoms with E-state index >= 15 is 0 Å². The van der Waals surface area contributed by atoms with Crippen LogP contribution in [0.25, 0.3) is 0 Å². The summed E-state index contributed by atoms with van der Waals surface area (Å²) in [6.45, 7) is 1.75. The van der Waals surface area contributed by atoms with Crippen molar-refractivity contribution < 1.29 is 9.90 Å². The fraction of sp³-hybridized carbons (Fsp3) is 0.727. The number of nitrogens with zero attached hydrogens (tertiary/aromatic N) is 1. The summed E-state index contributed by atoms with van der Waals surface area (Å²) in [6.07, 6.45) is 4.38. The smallest absolute Gasteiger partial charge is 0.331 e. The highest BCUT2D eigenvalue weighted by Gasteiger charge is 2.29. The molecule has 0 aromatic heterocycles. The molecule has 1 aliphatic carbocycles. The van der Waals surface area contributed by atoms with Crippen LogP contribution >= 0.6 is 0 Å². The third-order valence-corrected chi connectivity index (χ3v) is 3.43. The van der Waals surface area contributed by atoms with E-state index in [2.05, 4.69) is 11.9 Å². The van der Waals surface area contributed by atoms with Gasteiger partial charge in [0.25, 0.3) is 0 Å². The van der Waals surface area contributed by atoms with E-state index in [0.717, 1.165) is 19.5 Å². The molecule has 1 N–H and O–H groups in total. The Bertz CT molecular complexity index is 279. The number of hydrogen-bond acceptors (Lipinski definition) is 2. The topological polar surface area (TPSA) is 40.5 Å². The van der Waals surface area contributed by atoms with Crippen LogP contribution < -0.4 is 0 Å². The second kappa shape index (κ2) is 3.73. The second-order valence-electron chi connectivity index (χ2n) is 4.42. The lowest BCUT2D eigenvalue weighted by Crippen LogP contribution is -2.34. The SMILES string of the molecule is CN1CCC(C(=O)O)=C(C2CCC2)C1. The van der Waals surface area contributed by atoms with Crippen LogP contribution in [0.4, 0.5) is 0 Å². The predicted molar refractivity (Wildman–Crippen MR) is 54.1 cm³/mol. The van der Waals surface area contributed by atoms with E-state index in [1.807, 2.05) is 0 Å². The first-order valence-electron chi connectivity index (χ1n) is 5.32. The zero-order valence-electron chi connectivity index (χ0n) is 8.62. The lowest BCUT2D eigenvalue weighted by Gasteiger charge is -2.35. The number of carboxylic acid groups (broad SMARTS) is 1.